The van der Waals surface area contributed by atoms with Gasteiger partial charge in [0.05, 0.1) is 13.2 Å². The van der Waals surface area contributed by atoms with Gasteiger partial charge in [-0.15, -0.1) is 0 Å². The SMILES string of the molecule is [2H]C1([2H])CC(=C)NC(=O)C1N1Cc2c(OCc3ccc(CN4CCOCC4=O)cc3)cccc2C1=O. The van der Waals surface area contributed by atoms with Crippen LogP contribution in [0.5, 0.6) is 5.75 Å². The zero-order chi connectivity index (χ0) is 25.4. The van der Waals surface area contributed by atoms with Gasteiger partial charge in [0.15, 0.2) is 0 Å². The molecule has 34 heavy (non-hydrogen) atoms. The Hall–Kier alpha value is -3.65. The number of piperidine rings is 1. The first-order valence-corrected chi connectivity index (χ1v) is 11.2. The van der Waals surface area contributed by atoms with E-state index in [1.165, 1.54) is 4.90 Å². The Morgan fingerprint density at radius 3 is 2.71 bits per heavy atom. The van der Waals surface area contributed by atoms with E-state index in [4.69, 9.17) is 12.2 Å². The first-order chi connectivity index (χ1) is 17.2. The quantitative estimate of drug-likeness (QED) is 0.711. The van der Waals surface area contributed by atoms with Crippen LogP contribution >= 0.6 is 0 Å². The van der Waals surface area contributed by atoms with Gasteiger partial charge in [-0.25, -0.2) is 0 Å². The van der Waals surface area contributed by atoms with E-state index < -0.39 is 24.2 Å². The topological polar surface area (TPSA) is 88.2 Å². The molecule has 1 unspecified atom stereocenters. The van der Waals surface area contributed by atoms with Crippen molar-refractivity contribution in [3.63, 3.8) is 0 Å². The molecule has 5 rings (SSSR count). The number of hydrogen-bond acceptors (Lipinski definition) is 5. The molecule has 0 spiro atoms. The lowest BCUT2D eigenvalue weighted by molar-refractivity contribution is -0.143. The molecule has 1 N–H and O–H groups in total. The van der Waals surface area contributed by atoms with Crippen LogP contribution < -0.4 is 10.1 Å². The standard InChI is InChI=1S/C26H27N3O5/c1-17-5-10-22(25(31)27-17)29-14-21-20(26(29)32)3-2-4-23(21)34-15-19-8-6-18(7-9-19)13-28-11-12-33-16-24(28)30/h2-4,6-9,22H,1,5,10-16H2,(H,27,31)/i10D2. The number of nitrogens with one attached hydrogen (secondary N) is 1. The molecule has 2 fully saturated rings. The average Bonchev–Trinajstić information content (AvgIpc) is 3.15. The lowest BCUT2D eigenvalue weighted by Crippen LogP contribution is -2.49. The number of allylic oxidation sites excluding steroid dienone is 1. The minimum atomic E-state index is -1.92. The van der Waals surface area contributed by atoms with Crippen molar-refractivity contribution in [1.29, 1.82) is 0 Å². The van der Waals surface area contributed by atoms with Crippen LogP contribution in [-0.4, -0.2) is 53.3 Å². The molecule has 0 aliphatic carbocycles. The molecule has 3 aliphatic heterocycles. The Kier molecular flexibility index (Phi) is 5.42. The van der Waals surface area contributed by atoms with Crippen LogP contribution in [0.2, 0.25) is 0 Å². The summed E-state index contributed by atoms with van der Waals surface area (Å²) in [5.41, 5.74) is 3.28. The summed E-state index contributed by atoms with van der Waals surface area (Å²) in [6, 6.07) is 11.7. The molecule has 176 valence electrons. The molecule has 1 atom stereocenters. The molecule has 8 nitrogen and oxygen atoms in total. The summed E-state index contributed by atoms with van der Waals surface area (Å²) in [5.74, 6) is -0.459. The van der Waals surface area contributed by atoms with Crippen molar-refractivity contribution in [2.24, 2.45) is 0 Å². The van der Waals surface area contributed by atoms with Crippen molar-refractivity contribution in [2.45, 2.75) is 38.5 Å². The van der Waals surface area contributed by atoms with Crippen LogP contribution in [0, 0.1) is 0 Å². The smallest absolute Gasteiger partial charge is 0.255 e. The van der Waals surface area contributed by atoms with E-state index in [-0.39, 0.29) is 32.1 Å². The predicted molar refractivity (Wildman–Crippen MR) is 124 cm³/mol. The number of carbonyl (C=O) groups excluding carboxylic acids is 3. The Balaban J connectivity index is 1.27. The Morgan fingerprint density at radius 1 is 1.15 bits per heavy atom. The van der Waals surface area contributed by atoms with E-state index in [2.05, 4.69) is 11.9 Å². The van der Waals surface area contributed by atoms with Gasteiger partial charge in [-0.05, 0) is 36.1 Å². The van der Waals surface area contributed by atoms with Gasteiger partial charge in [0.25, 0.3) is 5.91 Å². The van der Waals surface area contributed by atoms with Crippen molar-refractivity contribution >= 4 is 17.7 Å². The first kappa shape index (κ1) is 19.8. The maximum atomic E-state index is 13.1. The number of ether oxygens (including phenoxy) is 2. The van der Waals surface area contributed by atoms with Gasteiger partial charge < -0.3 is 24.6 Å². The zero-order valence-corrected chi connectivity index (χ0v) is 18.7. The van der Waals surface area contributed by atoms with Gasteiger partial charge >= 0.3 is 0 Å². The molecule has 3 heterocycles. The van der Waals surface area contributed by atoms with Crippen LogP contribution in [0.1, 0.15) is 42.6 Å². The third-order valence-corrected chi connectivity index (χ3v) is 6.20. The van der Waals surface area contributed by atoms with Crippen LogP contribution in [-0.2, 0) is 34.0 Å². The number of carbonyl (C=O) groups is 3. The molecule has 2 saturated heterocycles. The summed E-state index contributed by atoms with van der Waals surface area (Å²) >= 11 is 0. The minimum absolute atomic E-state index is 0.0149. The van der Waals surface area contributed by atoms with Gasteiger partial charge in [-0.1, -0.05) is 36.9 Å². The van der Waals surface area contributed by atoms with Crippen LogP contribution in [0.4, 0.5) is 0 Å². The number of morpholine rings is 1. The maximum absolute atomic E-state index is 13.1. The summed E-state index contributed by atoms with van der Waals surface area (Å²) in [4.78, 5) is 40.7. The number of hydrogen-bond donors (Lipinski definition) is 1. The molecular formula is C26H27N3O5. The lowest BCUT2D eigenvalue weighted by atomic mass is 10.0. The second-order valence-electron chi connectivity index (χ2n) is 8.56. The highest BCUT2D eigenvalue weighted by molar-refractivity contribution is 6.02. The monoisotopic (exact) mass is 463 g/mol. The van der Waals surface area contributed by atoms with Crippen LogP contribution in [0.3, 0.4) is 0 Å². The largest absolute Gasteiger partial charge is 0.489 e. The molecule has 3 amide bonds. The summed E-state index contributed by atoms with van der Waals surface area (Å²) in [6.07, 6.45) is -1.98. The third kappa shape index (κ3) is 4.41. The van der Waals surface area contributed by atoms with Crippen molar-refractivity contribution in [3.8, 4) is 5.75 Å². The van der Waals surface area contributed by atoms with E-state index in [9.17, 15) is 14.4 Å². The summed E-state index contributed by atoms with van der Waals surface area (Å²) < 4.78 is 27.9. The van der Waals surface area contributed by atoms with Crippen LogP contribution in [0.15, 0.2) is 54.7 Å². The first-order valence-electron chi connectivity index (χ1n) is 12.2. The van der Waals surface area contributed by atoms with E-state index in [0.29, 0.717) is 42.3 Å². The van der Waals surface area contributed by atoms with E-state index in [1.54, 1.807) is 23.1 Å². The predicted octanol–water partition coefficient (Wildman–Crippen LogP) is 2.37. The van der Waals surface area contributed by atoms with Crippen molar-refractivity contribution < 1.29 is 26.6 Å². The van der Waals surface area contributed by atoms with Crippen molar-refractivity contribution in [2.75, 3.05) is 19.8 Å². The Labute approximate surface area is 200 Å². The van der Waals surface area contributed by atoms with Gasteiger partial charge in [-0.3, -0.25) is 14.4 Å². The summed E-state index contributed by atoms with van der Waals surface area (Å²) in [6.45, 7) is 5.80. The fourth-order valence-corrected chi connectivity index (χ4v) is 4.36. The van der Waals surface area contributed by atoms with Gasteiger partial charge in [-0.2, -0.15) is 0 Å². The Morgan fingerprint density at radius 2 is 1.94 bits per heavy atom. The van der Waals surface area contributed by atoms with Crippen LogP contribution in [0.25, 0.3) is 0 Å². The molecule has 2 aromatic rings. The lowest BCUT2D eigenvalue weighted by Gasteiger charge is -2.31. The fraction of sp³-hybridized carbons (Fsp3) is 0.346. The van der Waals surface area contributed by atoms with Crippen molar-refractivity contribution in [3.05, 3.63) is 77.0 Å². The van der Waals surface area contributed by atoms with E-state index in [0.717, 1.165) is 11.1 Å². The summed E-state index contributed by atoms with van der Waals surface area (Å²) in [5, 5.41) is 2.58. The molecule has 0 saturated carbocycles. The average molecular weight is 464 g/mol. The number of fused-ring (bicyclic) bond motifs is 1. The van der Waals surface area contributed by atoms with E-state index >= 15 is 0 Å². The number of benzene rings is 2. The maximum Gasteiger partial charge on any atom is 0.255 e. The minimum Gasteiger partial charge on any atom is -0.489 e. The van der Waals surface area contributed by atoms with Crippen molar-refractivity contribution in [1.82, 2.24) is 15.1 Å². The van der Waals surface area contributed by atoms with Gasteiger partial charge in [0.1, 0.15) is 25.0 Å². The molecule has 0 radical (unpaired) electrons. The summed E-state index contributed by atoms with van der Waals surface area (Å²) in [7, 11) is 0. The number of amides is 3. The Bertz CT molecular complexity index is 1230. The molecule has 8 heteroatoms. The normalized spacial score (nSPS) is 22.8. The molecular weight excluding hydrogens is 434 g/mol. The van der Waals surface area contributed by atoms with E-state index in [1.807, 2.05) is 24.3 Å². The zero-order valence-electron chi connectivity index (χ0n) is 20.7. The number of nitrogens with zero attached hydrogens (tertiary/aromatic N) is 2. The fourth-order valence-electron chi connectivity index (χ4n) is 4.36. The van der Waals surface area contributed by atoms with Gasteiger partial charge in [0, 0.05) is 32.7 Å². The molecule has 3 aliphatic rings. The second kappa shape index (κ2) is 9.30. The molecule has 2 aromatic carbocycles. The highest BCUT2D eigenvalue weighted by atomic mass is 16.5. The molecule has 0 aromatic heterocycles. The third-order valence-electron chi connectivity index (χ3n) is 6.20. The number of rotatable bonds is 6. The second-order valence-corrected chi connectivity index (χ2v) is 8.56. The highest BCUT2D eigenvalue weighted by Crippen LogP contribution is 2.34. The van der Waals surface area contributed by atoms with Gasteiger partial charge in [0.2, 0.25) is 11.8 Å². The highest BCUT2D eigenvalue weighted by Gasteiger charge is 2.39. The molecule has 0 bridgehead atoms.